The minimum absolute atomic E-state index is 0.212. The van der Waals surface area contributed by atoms with Crippen LogP contribution in [0.5, 0.6) is 0 Å². The van der Waals surface area contributed by atoms with Gasteiger partial charge in [0.15, 0.2) is 5.82 Å². The molecule has 0 amide bonds. The fourth-order valence-corrected chi connectivity index (χ4v) is 4.33. The second-order valence-electron chi connectivity index (χ2n) is 8.14. The van der Waals surface area contributed by atoms with Crippen molar-refractivity contribution in [3.8, 4) is 11.3 Å². The number of aromatic nitrogens is 2. The van der Waals surface area contributed by atoms with E-state index in [0.717, 1.165) is 48.8 Å². The van der Waals surface area contributed by atoms with Crippen molar-refractivity contribution in [3.05, 3.63) is 46.7 Å². The Morgan fingerprint density at radius 3 is 2.90 bits per heavy atom. The molecule has 3 aromatic rings. The first-order valence-electron chi connectivity index (χ1n) is 10.2. The Kier molecular flexibility index (Phi) is 4.28. The highest BCUT2D eigenvalue weighted by Crippen LogP contribution is 2.26. The number of hydrogen-bond acceptors (Lipinski definition) is 6. The molecule has 2 aliphatic rings. The number of piperazine rings is 1. The van der Waals surface area contributed by atoms with Crippen LogP contribution < -0.4 is 15.8 Å². The fraction of sp³-hybridized carbons (Fsp3) is 0.409. The lowest BCUT2D eigenvalue weighted by molar-refractivity contribution is 0.484. The summed E-state index contributed by atoms with van der Waals surface area (Å²) >= 11 is 0. The van der Waals surface area contributed by atoms with Crippen molar-refractivity contribution in [2.75, 3.05) is 24.5 Å². The number of imidazole rings is 1. The molecule has 0 saturated carbocycles. The molecule has 4 heterocycles. The van der Waals surface area contributed by atoms with Crippen molar-refractivity contribution in [2.45, 2.75) is 39.4 Å². The van der Waals surface area contributed by atoms with Gasteiger partial charge in [-0.1, -0.05) is 0 Å². The Morgan fingerprint density at radius 2 is 2.07 bits per heavy atom. The molecule has 1 N–H and O–H groups in total. The predicted molar refractivity (Wildman–Crippen MR) is 115 cm³/mol. The average Bonchev–Trinajstić information content (AvgIpc) is 3.11. The summed E-state index contributed by atoms with van der Waals surface area (Å²) in [6.07, 6.45) is 1.93. The summed E-state index contributed by atoms with van der Waals surface area (Å²) in [5.41, 5.74) is 3.36. The van der Waals surface area contributed by atoms with Gasteiger partial charge in [-0.2, -0.15) is 0 Å². The number of nitrogens with one attached hydrogen (secondary N) is 1. The molecule has 7 nitrogen and oxygen atoms in total. The number of rotatable bonds is 2. The first-order valence-corrected chi connectivity index (χ1v) is 10.2. The Labute approximate surface area is 169 Å². The van der Waals surface area contributed by atoms with E-state index >= 15 is 0 Å². The molecule has 0 bridgehead atoms. The minimum atomic E-state index is -0.360. The molecule has 1 fully saturated rings. The molecule has 2 aliphatic heterocycles. The molecule has 0 spiro atoms. The first-order chi connectivity index (χ1) is 14.0. The van der Waals surface area contributed by atoms with E-state index in [2.05, 4.69) is 44.7 Å². The lowest BCUT2D eigenvalue weighted by atomic mass is 10.1. The Bertz CT molecular complexity index is 1180. The molecule has 1 saturated heterocycles. The number of benzene rings is 1. The van der Waals surface area contributed by atoms with Crippen LogP contribution in [0.1, 0.15) is 26.6 Å². The zero-order chi connectivity index (χ0) is 20.1. The standard InChI is InChI=1S/C22H25N5O2/c1-13-10-26(7-6-23-13)17-5-4-16-8-18(22(28)29-20(16)9-17)19-12-27-11-14(2)24-15(3)21(27)25-19/h4-5,8-9,12-14,23H,6-7,10-11H2,1-3H3/t13-,14?/m1/s1. The third-order valence-electron chi connectivity index (χ3n) is 5.70. The lowest BCUT2D eigenvalue weighted by Gasteiger charge is -2.33. The van der Waals surface area contributed by atoms with Gasteiger partial charge in [-0.15, -0.1) is 0 Å². The first kappa shape index (κ1) is 18.1. The van der Waals surface area contributed by atoms with Crippen LogP contribution in [0.3, 0.4) is 0 Å². The van der Waals surface area contributed by atoms with Gasteiger partial charge in [-0.05, 0) is 39.0 Å². The summed E-state index contributed by atoms with van der Waals surface area (Å²) in [6, 6.07) is 8.62. The van der Waals surface area contributed by atoms with Gasteiger partial charge < -0.3 is 19.2 Å². The van der Waals surface area contributed by atoms with Crippen molar-refractivity contribution in [3.63, 3.8) is 0 Å². The highest BCUT2D eigenvalue weighted by molar-refractivity contribution is 5.97. The summed E-state index contributed by atoms with van der Waals surface area (Å²) < 4.78 is 7.78. The maximum absolute atomic E-state index is 12.8. The van der Waals surface area contributed by atoms with Gasteiger partial charge in [-0.3, -0.25) is 4.99 Å². The third kappa shape index (κ3) is 3.25. The fourth-order valence-electron chi connectivity index (χ4n) is 4.33. The van der Waals surface area contributed by atoms with Crippen molar-refractivity contribution in [1.82, 2.24) is 14.9 Å². The molecule has 1 unspecified atom stereocenters. The SMILES string of the molecule is CC1=NC(C)Cn2cc(-c3cc4ccc(N5CCN[C@H](C)C5)cc4oc3=O)nc21. The Hall–Kier alpha value is -2.93. The summed E-state index contributed by atoms with van der Waals surface area (Å²) in [6.45, 7) is 9.81. The van der Waals surface area contributed by atoms with Gasteiger partial charge in [0.2, 0.25) is 0 Å². The van der Waals surface area contributed by atoms with E-state index in [4.69, 9.17) is 4.42 Å². The predicted octanol–water partition coefficient (Wildman–Crippen LogP) is 2.67. The molecule has 0 aliphatic carbocycles. The van der Waals surface area contributed by atoms with Gasteiger partial charge in [0.1, 0.15) is 5.58 Å². The largest absolute Gasteiger partial charge is 0.422 e. The Morgan fingerprint density at radius 1 is 1.21 bits per heavy atom. The average molecular weight is 391 g/mol. The van der Waals surface area contributed by atoms with Crippen molar-refractivity contribution < 1.29 is 4.42 Å². The van der Waals surface area contributed by atoms with Crippen LogP contribution in [0.15, 0.2) is 44.7 Å². The monoisotopic (exact) mass is 391 g/mol. The van der Waals surface area contributed by atoms with Gasteiger partial charge in [-0.25, -0.2) is 9.78 Å². The lowest BCUT2D eigenvalue weighted by Crippen LogP contribution is -2.49. The number of aliphatic imine (C=N–C) groups is 1. The van der Waals surface area contributed by atoms with E-state index in [9.17, 15) is 4.79 Å². The van der Waals surface area contributed by atoms with E-state index in [-0.39, 0.29) is 11.7 Å². The summed E-state index contributed by atoms with van der Waals surface area (Å²) in [5, 5.41) is 4.35. The molecule has 150 valence electrons. The second kappa shape index (κ2) is 6.84. The number of hydrogen-bond donors (Lipinski definition) is 1. The summed E-state index contributed by atoms with van der Waals surface area (Å²) in [5.74, 6) is 0.820. The van der Waals surface area contributed by atoms with Crippen LogP contribution in [0.2, 0.25) is 0 Å². The third-order valence-corrected chi connectivity index (χ3v) is 5.70. The molecule has 7 heteroatoms. The van der Waals surface area contributed by atoms with Gasteiger partial charge in [0, 0.05) is 55.6 Å². The quantitative estimate of drug-likeness (QED) is 0.680. The van der Waals surface area contributed by atoms with Gasteiger partial charge in [0.25, 0.3) is 0 Å². The van der Waals surface area contributed by atoms with Crippen LogP contribution in [-0.4, -0.2) is 47.0 Å². The molecule has 2 aromatic heterocycles. The van der Waals surface area contributed by atoms with Crippen LogP contribution in [0, 0.1) is 0 Å². The van der Waals surface area contributed by atoms with Crippen LogP contribution in [0.25, 0.3) is 22.2 Å². The zero-order valence-corrected chi connectivity index (χ0v) is 17.0. The maximum Gasteiger partial charge on any atom is 0.345 e. The highest BCUT2D eigenvalue weighted by Gasteiger charge is 2.21. The van der Waals surface area contributed by atoms with Crippen LogP contribution >= 0.6 is 0 Å². The van der Waals surface area contributed by atoms with E-state index in [1.165, 1.54) is 0 Å². The number of anilines is 1. The minimum Gasteiger partial charge on any atom is -0.422 e. The molecule has 5 rings (SSSR count). The topological polar surface area (TPSA) is 75.7 Å². The van der Waals surface area contributed by atoms with E-state index in [0.29, 0.717) is 22.9 Å². The van der Waals surface area contributed by atoms with Crippen LogP contribution in [0.4, 0.5) is 5.69 Å². The van der Waals surface area contributed by atoms with Gasteiger partial charge >= 0.3 is 5.63 Å². The van der Waals surface area contributed by atoms with E-state index in [1.54, 1.807) is 0 Å². The van der Waals surface area contributed by atoms with Gasteiger partial charge in [0.05, 0.1) is 23.0 Å². The highest BCUT2D eigenvalue weighted by atomic mass is 16.4. The van der Waals surface area contributed by atoms with Crippen LogP contribution in [-0.2, 0) is 6.54 Å². The molecular formula is C22H25N5O2. The van der Waals surface area contributed by atoms with E-state index < -0.39 is 0 Å². The zero-order valence-electron chi connectivity index (χ0n) is 17.0. The normalized spacial score (nSPS) is 21.9. The molecule has 2 atom stereocenters. The smallest absolute Gasteiger partial charge is 0.345 e. The van der Waals surface area contributed by atoms with E-state index in [1.807, 2.05) is 31.3 Å². The van der Waals surface area contributed by atoms with Crippen molar-refractivity contribution in [2.24, 2.45) is 4.99 Å². The maximum atomic E-state index is 12.8. The summed E-state index contributed by atoms with van der Waals surface area (Å²) in [7, 11) is 0. The summed E-state index contributed by atoms with van der Waals surface area (Å²) in [4.78, 5) is 24.3. The van der Waals surface area contributed by atoms with Crippen molar-refractivity contribution >= 4 is 22.4 Å². The Balaban J connectivity index is 1.53. The number of fused-ring (bicyclic) bond motifs is 2. The molecule has 29 heavy (non-hydrogen) atoms. The second-order valence-corrected chi connectivity index (χ2v) is 8.14. The molecule has 0 radical (unpaired) electrons. The van der Waals surface area contributed by atoms with Crippen molar-refractivity contribution in [1.29, 1.82) is 0 Å². The molecule has 1 aromatic carbocycles. The number of nitrogens with zero attached hydrogens (tertiary/aromatic N) is 4. The molecular weight excluding hydrogens is 366 g/mol.